The van der Waals surface area contributed by atoms with Crippen molar-refractivity contribution >= 4 is 15.8 Å². The Morgan fingerprint density at radius 1 is 1.42 bits per heavy atom. The number of rotatable bonds is 5. The number of sulfone groups is 1. The lowest BCUT2D eigenvalue weighted by atomic mass is 9.88. The Morgan fingerprint density at radius 2 is 2.08 bits per heavy atom. The molecule has 0 radical (unpaired) electrons. The Balaban J connectivity index is 2.22. The van der Waals surface area contributed by atoms with Gasteiger partial charge in [0, 0.05) is 0 Å². The summed E-state index contributed by atoms with van der Waals surface area (Å²) in [4.78, 5) is 11.7. The van der Waals surface area contributed by atoms with E-state index in [1.807, 2.05) is 13.8 Å². The predicted octanol–water partition coefficient (Wildman–Crippen LogP) is 1.93. The molecule has 1 aliphatic rings. The monoisotopic (exact) mass is 355 g/mol. The fraction of sp³-hybridized carbons (Fsp3) is 0.588. The van der Waals surface area contributed by atoms with Crippen LogP contribution in [-0.2, 0) is 21.0 Å². The highest BCUT2D eigenvalue weighted by Gasteiger charge is 2.37. The van der Waals surface area contributed by atoms with Gasteiger partial charge in [-0.2, -0.15) is 0 Å². The molecule has 1 aromatic carbocycles. The minimum atomic E-state index is -3.19. The lowest BCUT2D eigenvalue weighted by Gasteiger charge is -2.40. The van der Waals surface area contributed by atoms with Crippen LogP contribution in [0.3, 0.4) is 0 Å². The zero-order chi connectivity index (χ0) is 18.1. The van der Waals surface area contributed by atoms with Crippen LogP contribution in [0.1, 0.15) is 43.6 Å². The summed E-state index contributed by atoms with van der Waals surface area (Å²) in [6.45, 7) is 7.17. The molecule has 24 heavy (non-hydrogen) atoms. The van der Waals surface area contributed by atoms with Gasteiger partial charge in [0.15, 0.2) is 9.84 Å². The molecule has 6 nitrogen and oxygen atoms in total. The average Bonchev–Trinajstić information content (AvgIpc) is 2.50. The van der Waals surface area contributed by atoms with Crippen molar-refractivity contribution < 1.29 is 22.7 Å². The van der Waals surface area contributed by atoms with Crippen molar-refractivity contribution in [2.75, 3.05) is 13.0 Å². The molecule has 1 atom stereocenters. The van der Waals surface area contributed by atoms with Crippen molar-refractivity contribution in [1.29, 1.82) is 0 Å². The van der Waals surface area contributed by atoms with Gasteiger partial charge in [0.2, 0.25) is 0 Å². The van der Waals surface area contributed by atoms with Crippen molar-refractivity contribution in [2.45, 2.75) is 51.0 Å². The van der Waals surface area contributed by atoms with Crippen LogP contribution >= 0.6 is 0 Å². The summed E-state index contributed by atoms with van der Waals surface area (Å²) in [5.41, 5.74) is 0.747. The third-order valence-electron chi connectivity index (χ3n) is 4.37. The fourth-order valence-corrected chi connectivity index (χ4v) is 3.37. The number of hydrogen-bond acceptors (Lipinski definition) is 6. The molecular weight excluding hydrogens is 330 g/mol. The standard InChI is InChI=1S/C17H25NO5S/c1-11(2)24(20,21)10-18-15-9-13-8-12(16(19)22-5)6-7-14(13)23-17(15,3)4/h6-8,11,15,18H,9-10H2,1-5H3. The van der Waals surface area contributed by atoms with Crippen molar-refractivity contribution in [3.8, 4) is 5.75 Å². The Hall–Kier alpha value is -1.60. The van der Waals surface area contributed by atoms with E-state index in [0.717, 1.165) is 5.56 Å². The molecule has 0 fully saturated rings. The molecule has 1 N–H and O–H groups in total. The van der Waals surface area contributed by atoms with Gasteiger partial charge in [0.25, 0.3) is 0 Å². The number of nitrogens with one attached hydrogen (secondary N) is 1. The summed E-state index contributed by atoms with van der Waals surface area (Å²) in [6, 6.07) is 4.97. The number of hydrogen-bond donors (Lipinski definition) is 1. The first-order chi connectivity index (χ1) is 11.1. The van der Waals surface area contributed by atoms with Gasteiger partial charge in [0.05, 0.1) is 29.8 Å². The first-order valence-electron chi connectivity index (χ1n) is 7.92. The summed E-state index contributed by atoms with van der Waals surface area (Å²) in [5, 5.41) is 2.67. The largest absolute Gasteiger partial charge is 0.486 e. The molecule has 0 saturated carbocycles. The van der Waals surface area contributed by atoms with Gasteiger partial charge in [-0.15, -0.1) is 0 Å². The van der Waals surface area contributed by atoms with Crippen molar-refractivity contribution in [2.24, 2.45) is 0 Å². The lowest BCUT2D eigenvalue weighted by Crippen LogP contribution is -2.55. The summed E-state index contributed by atoms with van der Waals surface area (Å²) < 4.78 is 34.9. The topological polar surface area (TPSA) is 81.7 Å². The van der Waals surface area contributed by atoms with Gasteiger partial charge in [0.1, 0.15) is 11.4 Å². The van der Waals surface area contributed by atoms with Crippen LogP contribution in [0.25, 0.3) is 0 Å². The molecule has 0 spiro atoms. The second-order valence-corrected chi connectivity index (χ2v) is 9.39. The molecule has 1 aromatic rings. The number of fused-ring (bicyclic) bond motifs is 1. The van der Waals surface area contributed by atoms with Gasteiger partial charge in [-0.05, 0) is 57.9 Å². The number of benzene rings is 1. The Labute approximate surface area is 143 Å². The highest BCUT2D eigenvalue weighted by molar-refractivity contribution is 7.91. The van der Waals surface area contributed by atoms with Crippen LogP contribution in [0.2, 0.25) is 0 Å². The molecule has 1 unspecified atom stereocenters. The third-order valence-corrected chi connectivity index (χ3v) is 6.37. The van der Waals surface area contributed by atoms with Crippen LogP contribution in [0.5, 0.6) is 5.75 Å². The SMILES string of the molecule is COC(=O)c1ccc2c(c1)CC(NCS(=O)(=O)C(C)C)C(C)(C)O2. The van der Waals surface area contributed by atoms with E-state index >= 15 is 0 Å². The normalized spacial score (nSPS) is 19.5. The minimum absolute atomic E-state index is 0.103. The second kappa shape index (κ2) is 6.72. The van der Waals surface area contributed by atoms with Crippen LogP contribution < -0.4 is 10.1 Å². The van der Waals surface area contributed by atoms with E-state index in [-0.39, 0.29) is 11.9 Å². The quantitative estimate of drug-likeness (QED) is 0.813. The Bertz CT molecular complexity index is 724. The van der Waals surface area contributed by atoms with E-state index in [1.165, 1.54) is 7.11 Å². The summed E-state index contributed by atoms with van der Waals surface area (Å²) in [7, 11) is -1.86. The molecule has 7 heteroatoms. The molecule has 1 aliphatic heterocycles. The van der Waals surface area contributed by atoms with Gasteiger partial charge in [-0.3, -0.25) is 5.32 Å². The van der Waals surface area contributed by atoms with E-state index in [4.69, 9.17) is 9.47 Å². The third kappa shape index (κ3) is 3.89. The Morgan fingerprint density at radius 3 is 2.67 bits per heavy atom. The summed E-state index contributed by atoms with van der Waals surface area (Å²) in [5.74, 6) is 0.195. The van der Waals surface area contributed by atoms with E-state index in [1.54, 1.807) is 32.0 Å². The van der Waals surface area contributed by atoms with Crippen molar-refractivity contribution in [3.63, 3.8) is 0 Å². The molecule has 0 aromatic heterocycles. The lowest BCUT2D eigenvalue weighted by molar-refractivity contribution is 0.0504. The second-order valence-electron chi connectivity index (χ2n) is 6.84. The number of methoxy groups -OCH3 is 1. The highest BCUT2D eigenvalue weighted by atomic mass is 32.2. The van der Waals surface area contributed by atoms with Gasteiger partial charge < -0.3 is 9.47 Å². The molecule has 0 saturated heterocycles. The van der Waals surface area contributed by atoms with Gasteiger partial charge in [-0.25, -0.2) is 13.2 Å². The summed E-state index contributed by atoms with van der Waals surface area (Å²) in [6.07, 6.45) is 0.570. The molecule has 2 rings (SSSR count). The molecule has 0 bridgehead atoms. The molecule has 134 valence electrons. The van der Waals surface area contributed by atoms with E-state index < -0.39 is 26.7 Å². The molecule has 0 aliphatic carbocycles. The zero-order valence-electron chi connectivity index (χ0n) is 14.8. The van der Waals surface area contributed by atoms with Crippen LogP contribution in [0.15, 0.2) is 18.2 Å². The highest BCUT2D eigenvalue weighted by Crippen LogP contribution is 2.34. The van der Waals surface area contributed by atoms with Crippen LogP contribution in [0, 0.1) is 0 Å². The van der Waals surface area contributed by atoms with E-state index in [0.29, 0.717) is 17.7 Å². The van der Waals surface area contributed by atoms with Crippen molar-refractivity contribution in [3.05, 3.63) is 29.3 Å². The van der Waals surface area contributed by atoms with E-state index in [9.17, 15) is 13.2 Å². The maximum absolute atomic E-state index is 12.0. The maximum atomic E-state index is 12.0. The number of carbonyl (C=O) groups excluding carboxylic acids is 1. The number of esters is 1. The molecular formula is C17H25NO5S. The average molecular weight is 355 g/mol. The van der Waals surface area contributed by atoms with Crippen LogP contribution in [-0.4, -0.2) is 44.3 Å². The van der Waals surface area contributed by atoms with Crippen molar-refractivity contribution in [1.82, 2.24) is 5.32 Å². The van der Waals surface area contributed by atoms with Crippen LogP contribution in [0.4, 0.5) is 0 Å². The zero-order valence-corrected chi connectivity index (χ0v) is 15.6. The van der Waals surface area contributed by atoms with Gasteiger partial charge in [-0.1, -0.05) is 0 Å². The first kappa shape index (κ1) is 18.7. The smallest absolute Gasteiger partial charge is 0.337 e. The maximum Gasteiger partial charge on any atom is 0.337 e. The fourth-order valence-electron chi connectivity index (χ4n) is 2.60. The Kier molecular flexibility index (Phi) is 5.25. The summed E-state index contributed by atoms with van der Waals surface area (Å²) >= 11 is 0. The number of carbonyl (C=O) groups is 1. The predicted molar refractivity (Wildman–Crippen MR) is 92.0 cm³/mol. The van der Waals surface area contributed by atoms with Gasteiger partial charge >= 0.3 is 5.97 Å². The number of ether oxygens (including phenoxy) is 2. The minimum Gasteiger partial charge on any atom is -0.486 e. The first-order valence-corrected chi connectivity index (χ1v) is 9.63. The van der Waals surface area contributed by atoms with E-state index in [2.05, 4.69) is 5.32 Å². The molecule has 1 heterocycles. The molecule has 0 amide bonds.